The quantitative estimate of drug-likeness (QED) is 0.735. The van der Waals surface area contributed by atoms with Crippen LogP contribution in [-0.4, -0.2) is 5.16 Å². The van der Waals surface area contributed by atoms with Gasteiger partial charge in [0.2, 0.25) is 0 Å². The molecule has 0 atom stereocenters. The van der Waals surface area contributed by atoms with E-state index in [-0.39, 0.29) is 0 Å². The van der Waals surface area contributed by atoms with E-state index in [9.17, 15) is 0 Å². The van der Waals surface area contributed by atoms with Crippen LogP contribution in [0.2, 0.25) is 0 Å². The predicted molar refractivity (Wildman–Crippen MR) is 58.1 cm³/mol. The van der Waals surface area contributed by atoms with Crippen LogP contribution >= 0.6 is 0 Å². The van der Waals surface area contributed by atoms with Crippen molar-refractivity contribution in [2.24, 2.45) is 17.8 Å². The van der Waals surface area contributed by atoms with E-state index in [1.165, 1.54) is 0 Å². The number of rotatable bonds is 4. The summed E-state index contributed by atoms with van der Waals surface area (Å²) >= 11 is 0. The minimum Gasteiger partial charge on any atom is -0.361 e. The van der Waals surface area contributed by atoms with Crippen molar-refractivity contribution in [3.05, 3.63) is 17.5 Å². The highest BCUT2D eigenvalue weighted by Gasteiger charge is 2.19. The Balaban J connectivity index is 2.64. The Labute approximate surface area is 86.7 Å². The predicted octanol–water partition coefficient (Wildman–Crippen LogP) is 3.45. The lowest BCUT2D eigenvalue weighted by molar-refractivity contribution is 0.278. The molecule has 0 amide bonds. The summed E-state index contributed by atoms with van der Waals surface area (Å²) in [6.45, 7) is 11.0. The SMILES string of the molecule is Cc1cc(CC(C(C)C)C(C)C)no1. The van der Waals surface area contributed by atoms with E-state index in [1.807, 2.05) is 13.0 Å². The van der Waals surface area contributed by atoms with Crippen LogP contribution in [0.1, 0.15) is 39.1 Å². The van der Waals surface area contributed by atoms with E-state index >= 15 is 0 Å². The Bertz CT molecular complexity index is 268. The van der Waals surface area contributed by atoms with E-state index in [4.69, 9.17) is 4.52 Å². The smallest absolute Gasteiger partial charge is 0.133 e. The van der Waals surface area contributed by atoms with E-state index in [1.54, 1.807) is 0 Å². The molecule has 0 N–H and O–H groups in total. The third-order valence-corrected chi connectivity index (χ3v) is 2.83. The third-order valence-electron chi connectivity index (χ3n) is 2.83. The summed E-state index contributed by atoms with van der Waals surface area (Å²) < 4.78 is 5.07. The number of aryl methyl sites for hydroxylation is 1. The van der Waals surface area contributed by atoms with Crippen molar-refractivity contribution in [1.29, 1.82) is 0 Å². The van der Waals surface area contributed by atoms with Gasteiger partial charge in [0.25, 0.3) is 0 Å². The summed E-state index contributed by atoms with van der Waals surface area (Å²) in [5, 5.41) is 4.05. The van der Waals surface area contributed by atoms with E-state index in [2.05, 4.69) is 32.9 Å². The van der Waals surface area contributed by atoms with Gasteiger partial charge in [-0.25, -0.2) is 0 Å². The highest BCUT2D eigenvalue weighted by Crippen LogP contribution is 2.24. The molecule has 1 aromatic rings. The second-order valence-corrected chi connectivity index (χ2v) is 4.78. The Kier molecular flexibility index (Phi) is 3.73. The third kappa shape index (κ3) is 2.86. The maximum absolute atomic E-state index is 5.07. The zero-order valence-corrected chi connectivity index (χ0v) is 9.87. The van der Waals surface area contributed by atoms with Crippen molar-refractivity contribution in [2.45, 2.75) is 41.0 Å². The first-order chi connectivity index (χ1) is 6.50. The molecule has 0 aromatic carbocycles. The maximum Gasteiger partial charge on any atom is 0.133 e. The van der Waals surface area contributed by atoms with Crippen molar-refractivity contribution < 1.29 is 4.52 Å². The lowest BCUT2D eigenvalue weighted by Gasteiger charge is -2.23. The molecule has 2 nitrogen and oxygen atoms in total. The zero-order valence-electron chi connectivity index (χ0n) is 9.87. The first kappa shape index (κ1) is 11.3. The van der Waals surface area contributed by atoms with Crippen LogP contribution in [0.4, 0.5) is 0 Å². The van der Waals surface area contributed by atoms with E-state index in [0.717, 1.165) is 17.9 Å². The summed E-state index contributed by atoms with van der Waals surface area (Å²) in [4.78, 5) is 0. The van der Waals surface area contributed by atoms with Crippen molar-refractivity contribution in [3.63, 3.8) is 0 Å². The Morgan fingerprint density at radius 1 is 1.21 bits per heavy atom. The molecule has 1 heterocycles. The Hall–Kier alpha value is -0.790. The summed E-state index contributed by atoms with van der Waals surface area (Å²) in [7, 11) is 0. The van der Waals surface area contributed by atoms with Gasteiger partial charge in [-0.05, 0) is 31.1 Å². The van der Waals surface area contributed by atoms with Gasteiger partial charge in [0.15, 0.2) is 0 Å². The second-order valence-electron chi connectivity index (χ2n) is 4.78. The molecule has 0 spiro atoms. The molecule has 0 saturated carbocycles. The van der Waals surface area contributed by atoms with Gasteiger partial charge >= 0.3 is 0 Å². The molecule has 1 rings (SSSR count). The van der Waals surface area contributed by atoms with Crippen LogP contribution in [0.5, 0.6) is 0 Å². The average molecular weight is 195 g/mol. The fourth-order valence-corrected chi connectivity index (χ4v) is 2.00. The first-order valence-corrected chi connectivity index (χ1v) is 5.43. The fourth-order valence-electron chi connectivity index (χ4n) is 2.00. The molecule has 1 aromatic heterocycles. The van der Waals surface area contributed by atoms with Gasteiger partial charge in [0.05, 0.1) is 5.69 Å². The van der Waals surface area contributed by atoms with Crippen LogP contribution in [-0.2, 0) is 6.42 Å². The lowest BCUT2D eigenvalue weighted by atomic mass is 9.82. The van der Waals surface area contributed by atoms with Crippen molar-refractivity contribution in [3.8, 4) is 0 Å². The highest BCUT2D eigenvalue weighted by atomic mass is 16.5. The minimum absolute atomic E-state index is 0.694. The van der Waals surface area contributed by atoms with E-state index < -0.39 is 0 Å². The van der Waals surface area contributed by atoms with Gasteiger partial charge in [-0.3, -0.25) is 0 Å². The molecule has 0 saturated heterocycles. The molecule has 14 heavy (non-hydrogen) atoms. The molecule has 80 valence electrons. The number of nitrogens with zero attached hydrogens (tertiary/aromatic N) is 1. The normalized spacial score (nSPS) is 12.0. The van der Waals surface area contributed by atoms with Crippen LogP contribution < -0.4 is 0 Å². The van der Waals surface area contributed by atoms with Gasteiger partial charge in [-0.2, -0.15) is 0 Å². The highest BCUT2D eigenvalue weighted by molar-refractivity contribution is 5.04. The molecule has 0 aliphatic carbocycles. The van der Waals surface area contributed by atoms with Crippen LogP contribution in [0.25, 0.3) is 0 Å². The molecule has 0 aliphatic rings. The minimum atomic E-state index is 0.694. The van der Waals surface area contributed by atoms with Crippen LogP contribution in [0.15, 0.2) is 10.6 Å². The lowest BCUT2D eigenvalue weighted by Crippen LogP contribution is -2.18. The van der Waals surface area contributed by atoms with E-state index in [0.29, 0.717) is 17.8 Å². The molecule has 0 bridgehead atoms. The Morgan fingerprint density at radius 3 is 2.14 bits per heavy atom. The van der Waals surface area contributed by atoms with Gasteiger partial charge < -0.3 is 4.52 Å². The molecular formula is C12H21NO. The van der Waals surface area contributed by atoms with Gasteiger partial charge in [0.1, 0.15) is 5.76 Å². The molecule has 0 fully saturated rings. The summed E-state index contributed by atoms with van der Waals surface area (Å²) in [6.07, 6.45) is 1.03. The maximum atomic E-state index is 5.07. The van der Waals surface area contributed by atoms with Gasteiger partial charge in [-0.1, -0.05) is 32.9 Å². The Morgan fingerprint density at radius 2 is 1.79 bits per heavy atom. The average Bonchev–Trinajstić information content (AvgIpc) is 2.46. The van der Waals surface area contributed by atoms with Crippen molar-refractivity contribution in [2.75, 3.05) is 0 Å². The molecule has 2 heteroatoms. The van der Waals surface area contributed by atoms with Gasteiger partial charge in [-0.15, -0.1) is 0 Å². The molecule has 0 unspecified atom stereocenters. The van der Waals surface area contributed by atoms with Crippen LogP contribution in [0.3, 0.4) is 0 Å². The number of aromatic nitrogens is 1. The second kappa shape index (κ2) is 4.63. The largest absolute Gasteiger partial charge is 0.361 e. The zero-order chi connectivity index (χ0) is 10.7. The monoisotopic (exact) mass is 195 g/mol. The fraction of sp³-hybridized carbons (Fsp3) is 0.750. The molecular weight excluding hydrogens is 174 g/mol. The summed E-state index contributed by atoms with van der Waals surface area (Å²) in [5.74, 6) is 3.00. The standard InChI is InChI=1S/C12H21NO/c1-8(2)12(9(3)4)7-11-6-10(5)14-13-11/h6,8-9,12H,7H2,1-5H3. The van der Waals surface area contributed by atoms with Crippen molar-refractivity contribution >= 4 is 0 Å². The molecule has 0 radical (unpaired) electrons. The van der Waals surface area contributed by atoms with Crippen LogP contribution in [0, 0.1) is 24.7 Å². The summed E-state index contributed by atoms with van der Waals surface area (Å²) in [6, 6.07) is 2.04. The first-order valence-electron chi connectivity index (χ1n) is 5.43. The van der Waals surface area contributed by atoms with Crippen molar-refractivity contribution in [1.82, 2.24) is 5.16 Å². The number of hydrogen-bond acceptors (Lipinski definition) is 2. The number of hydrogen-bond donors (Lipinski definition) is 0. The van der Waals surface area contributed by atoms with Gasteiger partial charge in [0, 0.05) is 6.07 Å². The molecule has 0 aliphatic heterocycles. The summed E-state index contributed by atoms with van der Waals surface area (Å²) in [5.41, 5.74) is 1.09. The topological polar surface area (TPSA) is 26.0 Å².